The molecule has 0 fully saturated rings. The molecule has 6 heteroatoms. The first-order valence-electron chi connectivity index (χ1n) is 5.03. The summed E-state index contributed by atoms with van der Waals surface area (Å²) in [6.45, 7) is 0.438. The Labute approximate surface area is 104 Å². The van der Waals surface area contributed by atoms with Crippen LogP contribution in [0, 0.1) is 0 Å². The van der Waals surface area contributed by atoms with Gasteiger partial charge in [-0.1, -0.05) is 12.1 Å². The molecule has 1 amide bonds. The summed E-state index contributed by atoms with van der Waals surface area (Å²) in [5, 5.41) is 0. The number of hydrogen-bond acceptors (Lipinski definition) is 5. The normalized spacial score (nSPS) is 9.71. The summed E-state index contributed by atoms with van der Waals surface area (Å²) in [4.78, 5) is 21.5. The number of thioether (sulfide) groups is 1. The molecule has 0 aliphatic carbocycles. The molecule has 0 heterocycles. The van der Waals surface area contributed by atoms with Crippen molar-refractivity contribution >= 4 is 24.0 Å². The first-order chi connectivity index (χ1) is 8.29. The van der Waals surface area contributed by atoms with Crippen molar-refractivity contribution in [2.24, 2.45) is 5.84 Å². The van der Waals surface area contributed by atoms with E-state index in [0.29, 0.717) is 29.4 Å². The van der Waals surface area contributed by atoms with Crippen LogP contribution in [-0.4, -0.2) is 30.3 Å². The second kappa shape index (κ2) is 7.70. The highest BCUT2D eigenvalue weighted by Crippen LogP contribution is 2.17. The summed E-state index contributed by atoms with van der Waals surface area (Å²) in [7, 11) is 0. The SMILES string of the molecule is NNC(=O)c1ccccc1OCCSCC=O. The van der Waals surface area contributed by atoms with E-state index in [1.807, 2.05) is 0 Å². The molecule has 92 valence electrons. The minimum Gasteiger partial charge on any atom is -0.492 e. The molecular formula is C11H14N2O3S. The minimum absolute atomic E-state index is 0.388. The number of rotatable bonds is 7. The maximum absolute atomic E-state index is 11.4. The maximum Gasteiger partial charge on any atom is 0.268 e. The third kappa shape index (κ3) is 4.46. The summed E-state index contributed by atoms with van der Waals surface area (Å²) >= 11 is 1.47. The molecule has 0 aliphatic rings. The number of nitrogens with two attached hydrogens (primary N) is 1. The quantitative estimate of drug-likeness (QED) is 0.245. The number of aldehydes is 1. The van der Waals surface area contributed by atoms with Crippen LogP contribution in [0.25, 0.3) is 0 Å². The smallest absolute Gasteiger partial charge is 0.268 e. The van der Waals surface area contributed by atoms with Crippen molar-refractivity contribution in [1.82, 2.24) is 5.43 Å². The Balaban J connectivity index is 2.52. The van der Waals surface area contributed by atoms with Crippen LogP contribution in [0.15, 0.2) is 24.3 Å². The van der Waals surface area contributed by atoms with Crippen LogP contribution in [0.1, 0.15) is 10.4 Å². The maximum atomic E-state index is 11.4. The fourth-order valence-corrected chi connectivity index (χ4v) is 1.66. The lowest BCUT2D eigenvalue weighted by molar-refractivity contribution is -0.105. The Bertz CT molecular complexity index is 385. The molecular weight excluding hydrogens is 240 g/mol. The number of ether oxygens (including phenoxy) is 1. The fraction of sp³-hybridized carbons (Fsp3) is 0.273. The summed E-state index contributed by atoms with van der Waals surface area (Å²) in [5.41, 5.74) is 2.46. The lowest BCUT2D eigenvalue weighted by Gasteiger charge is -2.09. The predicted molar refractivity (Wildman–Crippen MR) is 67.0 cm³/mol. The third-order valence-electron chi connectivity index (χ3n) is 1.93. The van der Waals surface area contributed by atoms with Gasteiger partial charge in [-0.15, -0.1) is 0 Å². The molecule has 0 saturated heterocycles. The van der Waals surface area contributed by atoms with Gasteiger partial charge in [-0.3, -0.25) is 10.2 Å². The van der Waals surface area contributed by atoms with Crippen molar-refractivity contribution in [2.45, 2.75) is 0 Å². The van der Waals surface area contributed by atoms with Gasteiger partial charge in [0.05, 0.1) is 12.2 Å². The first kappa shape index (κ1) is 13.5. The average Bonchev–Trinajstić information content (AvgIpc) is 2.38. The van der Waals surface area contributed by atoms with Gasteiger partial charge < -0.3 is 9.53 Å². The molecule has 17 heavy (non-hydrogen) atoms. The molecule has 0 spiro atoms. The summed E-state index contributed by atoms with van der Waals surface area (Å²) < 4.78 is 5.45. The molecule has 0 radical (unpaired) electrons. The van der Waals surface area contributed by atoms with E-state index in [0.717, 1.165) is 6.29 Å². The van der Waals surface area contributed by atoms with Gasteiger partial charge in [0.15, 0.2) is 0 Å². The molecule has 1 aromatic rings. The second-order valence-electron chi connectivity index (χ2n) is 3.06. The van der Waals surface area contributed by atoms with Crippen molar-refractivity contribution in [3.05, 3.63) is 29.8 Å². The molecule has 5 nitrogen and oxygen atoms in total. The number of para-hydroxylation sites is 1. The van der Waals surface area contributed by atoms with Crippen molar-refractivity contribution in [2.75, 3.05) is 18.1 Å². The van der Waals surface area contributed by atoms with Gasteiger partial charge >= 0.3 is 0 Å². The Morgan fingerprint density at radius 3 is 2.94 bits per heavy atom. The van der Waals surface area contributed by atoms with Gasteiger partial charge in [-0.25, -0.2) is 5.84 Å². The molecule has 0 bridgehead atoms. The number of amides is 1. The van der Waals surface area contributed by atoms with Crippen LogP contribution in [0.4, 0.5) is 0 Å². The molecule has 0 saturated carbocycles. The number of carbonyl (C=O) groups is 2. The highest BCUT2D eigenvalue weighted by atomic mass is 32.2. The molecule has 0 aromatic heterocycles. The Kier molecular flexibility index (Phi) is 6.13. The van der Waals surface area contributed by atoms with Gasteiger partial charge in [0.2, 0.25) is 0 Å². The van der Waals surface area contributed by atoms with Gasteiger partial charge in [-0.05, 0) is 12.1 Å². The van der Waals surface area contributed by atoms with E-state index in [2.05, 4.69) is 5.43 Å². The van der Waals surface area contributed by atoms with E-state index in [1.165, 1.54) is 11.8 Å². The van der Waals surface area contributed by atoms with E-state index in [-0.39, 0.29) is 5.91 Å². The van der Waals surface area contributed by atoms with Gasteiger partial charge in [-0.2, -0.15) is 11.8 Å². The van der Waals surface area contributed by atoms with Crippen LogP contribution in [-0.2, 0) is 4.79 Å². The summed E-state index contributed by atoms with van der Waals surface area (Å²) in [6.07, 6.45) is 0.848. The van der Waals surface area contributed by atoms with Crippen LogP contribution < -0.4 is 16.0 Å². The van der Waals surface area contributed by atoms with Gasteiger partial charge in [0.25, 0.3) is 5.91 Å². The van der Waals surface area contributed by atoms with Crippen molar-refractivity contribution in [1.29, 1.82) is 0 Å². The molecule has 1 aromatic carbocycles. The Hall–Kier alpha value is -1.53. The van der Waals surface area contributed by atoms with Crippen LogP contribution in [0.5, 0.6) is 5.75 Å². The number of nitrogens with one attached hydrogen (secondary N) is 1. The number of benzene rings is 1. The van der Waals surface area contributed by atoms with Crippen molar-refractivity contribution in [3.63, 3.8) is 0 Å². The van der Waals surface area contributed by atoms with E-state index >= 15 is 0 Å². The summed E-state index contributed by atoms with van der Waals surface area (Å²) in [6, 6.07) is 6.85. The predicted octanol–water partition coefficient (Wildman–Crippen LogP) is 0.601. The highest BCUT2D eigenvalue weighted by molar-refractivity contribution is 7.99. The van der Waals surface area contributed by atoms with Crippen molar-refractivity contribution < 1.29 is 14.3 Å². The topological polar surface area (TPSA) is 81.4 Å². The van der Waals surface area contributed by atoms with E-state index in [4.69, 9.17) is 10.6 Å². The van der Waals surface area contributed by atoms with Gasteiger partial charge in [0, 0.05) is 11.5 Å². The van der Waals surface area contributed by atoms with E-state index in [1.54, 1.807) is 24.3 Å². The first-order valence-corrected chi connectivity index (χ1v) is 6.19. The number of hydrazine groups is 1. The molecule has 1 rings (SSSR count). The standard InChI is InChI=1S/C11H14N2O3S/c12-13-11(15)9-3-1-2-4-10(9)16-6-8-17-7-5-14/h1-5H,6-8,12H2,(H,13,15). The largest absolute Gasteiger partial charge is 0.492 e. The zero-order valence-electron chi connectivity index (χ0n) is 9.22. The van der Waals surface area contributed by atoms with E-state index < -0.39 is 0 Å². The minimum atomic E-state index is -0.388. The van der Waals surface area contributed by atoms with Crippen molar-refractivity contribution in [3.8, 4) is 5.75 Å². The Morgan fingerprint density at radius 1 is 1.47 bits per heavy atom. The lowest BCUT2D eigenvalue weighted by Crippen LogP contribution is -2.30. The molecule has 0 atom stereocenters. The van der Waals surface area contributed by atoms with E-state index in [9.17, 15) is 9.59 Å². The highest BCUT2D eigenvalue weighted by Gasteiger charge is 2.09. The molecule has 0 aliphatic heterocycles. The summed E-state index contributed by atoms with van der Waals surface area (Å²) in [5.74, 6) is 6.31. The average molecular weight is 254 g/mol. The van der Waals surface area contributed by atoms with Crippen LogP contribution in [0.3, 0.4) is 0 Å². The fourth-order valence-electron chi connectivity index (χ4n) is 1.20. The van der Waals surface area contributed by atoms with Crippen LogP contribution >= 0.6 is 11.8 Å². The Morgan fingerprint density at radius 2 is 2.24 bits per heavy atom. The monoisotopic (exact) mass is 254 g/mol. The zero-order valence-corrected chi connectivity index (χ0v) is 10.0. The molecule has 3 N–H and O–H groups in total. The van der Waals surface area contributed by atoms with Gasteiger partial charge in [0.1, 0.15) is 12.0 Å². The van der Waals surface area contributed by atoms with Crippen LogP contribution in [0.2, 0.25) is 0 Å². The number of hydrogen-bond donors (Lipinski definition) is 2. The zero-order chi connectivity index (χ0) is 12.5. The lowest BCUT2D eigenvalue weighted by atomic mass is 10.2. The number of carbonyl (C=O) groups excluding carboxylic acids is 2. The molecule has 0 unspecified atom stereocenters. The number of nitrogen functional groups attached to an aromatic ring is 1. The third-order valence-corrected chi connectivity index (χ3v) is 2.76. The second-order valence-corrected chi connectivity index (χ2v) is 4.21.